The first-order chi connectivity index (χ1) is 31.0. The minimum atomic E-state index is -0.0503. The van der Waals surface area contributed by atoms with Gasteiger partial charge in [0.15, 0.2) is 0 Å². The van der Waals surface area contributed by atoms with Crippen LogP contribution in [0.4, 0.5) is 0 Å². The predicted molar refractivity (Wildman–Crippen MR) is 274 cm³/mol. The molecule has 0 aromatic carbocycles. The number of hydrogen-bond donors (Lipinski definition) is 0. The van der Waals surface area contributed by atoms with E-state index in [1.165, 1.54) is 212 Å². The number of carbonyl (C=O) groups is 2. The molecule has 0 aliphatic carbocycles. The summed E-state index contributed by atoms with van der Waals surface area (Å²) in [7, 11) is 0. The second-order valence-electron chi connectivity index (χ2n) is 19.6. The molecule has 0 bridgehead atoms. The van der Waals surface area contributed by atoms with E-state index in [4.69, 9.17) is 4.74 Å². The molecule has 1 aliphatic rings. The van der Waals surface area contributed by atoms with Crippen LogP contribution in [0.1, 0.15) is 247 Å². The zero-order valence-electron chi connectivity index (χ0n) is 43.4. The van der Waals surface area contributed by atoms with Crippen LogP contribution in [0.3, 0.4) is 0 Å². The van der Waals surface area contributed by atoms with Gasteiger partial charge in [0, 0.05) is 58.8 Å². The number of unbranched alkanes of at least 4 members (excludes halogenated alkanes) is 27. The first kappa shape index (κ1) is 59.8. The molecule has 63 heavy (non-hydrogen) atoms. The molecule has 0 unspecified atom stereocenters. The third kappa shape index (κ3) is 37.6. The van der Waals surface area contributed by atoms with Gasteiger partial charge in [-0.1, -0.05) is 195 Å². The number of nitrogens with zero attached hydrogens (tertiary/aromatic N) is 5. The summed E-state index contributed by atoms with van der Waals surface area (Å²) in [4.78, 5) is 38.6. The normalized spacial score (nSPS) is 13.6. The molecule has 374 valence electrons. The average molecular weight is 891 g/mol. The van der Waals surface area contributed by atoms with Crippen LogP contribution in [-0.2, 0) is 14.3 Å². The first-order valence-electron chi connectivity index (χ1n) is 28.3. The standard InChI is InChI=1S/C55H111N5O3/c1-6-11-15-19-23-28-34-40-56(43-37-32-27-33-39-55(62)63-10-5)45-46-58-49-51-60(52-50-58)54(61)53-59(44-38-31-26-22-18-14-9-4)48-47-57(41-35-29-24-20-16-12-7-2)42-36-30-25-21-17-13-8-3/h6-53H2,1-5H3. The van der Waals surface area contributed by atoms with Crippen molar-refractivity contribution in [2.45, 2.75) is 247 Å². The lowest BCUT2D eigenvalue weighted by Gasteiger charge is -2.37. The highest BCUT2D eigenvalue weighted by atomic mass is 16.5. The van der Waals surface area contributed by atoms with E-state index in [1.807, 2.05) is 6.92 Å². The summed E-state index contributed by atoms with van der Waals surface area (Å²) in [5, 5.41) is 0. The molecule has 1 amide bonds. The number of esters is 1. The summed E-state index contributed by atoms with van der Waals surface area (Å²) in [6.07, 6.45) is 42.8. The maximum atomic E-state index is 14.0. The molecule has 0 N–H and O–H groups in total. The van der Waals surface area contributed by atoms with E-state index < -0.39 is 0 Å². The van der Waals surface area contributed by atoms with E-state index in [0.717, 1.165) is 78.3 Å². The van der Waals surface area contributed by atoms with E-state index in [9.17, 15) is 9.59 Å². The maximum absolute atomic E-state index is 14.0. The highest BCUT2D eigenvalue weighted by molar-refractivity contribution is 5.78. The van der Waals surface area contributed by atoms with Crippen molar-refractivity contribution in [3.63, 3.8) is 0 Å². The third-order valence-corrected chi connectivity index (χ3v) is 13.8. The Morgan fingerprint density at radius 1 is 0.381 bits per heavy atom. The fourth-order valence-corrected chi connectivity index (χ4v) is 9.38. The van der Waals surface area contributed by atoms with Crippen molar-refractivity contribution in [1.29, 1.82) is 0 Å². The number of hydrogen-bond acceptors (Lipinski definition) is 7. The van der Waals surface area contributed by atoms with Gasteiger partial charge in [0.2, 0.25) is 5.91 Å². The summed E-state index contributed by atoms with van der Waals surface area (Å²) >= 11 is 0. The molecule has 1 aliphatic heterocycles. The zero-order chi connectivity index (χ0) is 45.7. The van der Waals surface area contributed by atoms with Crippen LogP contribution < -0.4 is 0 Å². The number of ether oxygens (including phenoxy) is 1. The van der Waals surface area contributed by atoms with Gasteiger partial charge in [-0.15, -0.1) is 0 Å². The van der Waals surface area contributed by atoms with Gasteiger partial charge < -0.3 is 19.4 Å². The Labute approximate surface area is 394 Å². The Bertz CT molecular complexity index is 958. The summed E-state index contributed by atoms with van der Waals surface area (Å²) in [5.74, 6) is 0.303. The van der Waals surface area contributed by atoms with Crippen molar-refractivity contribution >= 4 is 11.9 Å². The van der Waals surface area contributed by atoms with Crippen LogP contribution >= 0.6 is 0 Å². The van der Waals surface area contributed by atoms with Crippen molar-refractivity contribution in [2.75, 3.05) is 98.2 Å². The van der Waals surface area contributed by atoms with Crippen LogP contribution in [0.5, 0.6) is 0 Å². The molecule has 8 heteroatoms. The lowest BCUT2D eigenvalue weighted by atomic mass is 10.1. The van der Waals surface area contributed by atoms with Crippen molar-refractivity contribution in [1.82, 2.24) is 24.5 Å². The molecule has 1 heterocycles. The third-order valence-electron chi connectivity index (χ3n) is 13.8. The minimum absolute atomic E-state index is 0.0503. The molecule has 0 aromatic rings. The Morgan fingerprint density at radius 2 is 0.714 bits per heavy atom. The molecule has 1 rings (SSSR count). The fraction of sp³-hybridized carbons (Fsp3) is 0.964. The summed E-state index contributed by atoms with van der Waals surface area (Å²) in [5.41, 5.74) is 0. The van der Waals surface area contributed by atoms with Crippen molar-refractivity contribution < 1.29 is 14.3 Å². The van der Waals surface area contributed by atoms with Crippen molar-refractivity contribution in [3.05, 3.63) is 0 Å². The maximum Gasteiger partial charge on any atom is 0.305 e. The summed E-state index contributed by atoms with van der Waals surface area (Å²) in [6.45, 7) is 26.1. The highest BCUT2D eigenvalue weighted by Gasteiger charge is 2.23. The number of carbonyl (C=O) groups excluding carboxylic acids is 2. The highest BCUT2D eigenvalue weighted by Crippen LogP contribution is 2.14. The van der Waals surface area contributed by atoms with Crippen LogP contribution in [0.15, 0.2) is 0 Å². The Hall–Kier alpha value is -1.22. The van der Waals surface area contributed by atoms with Gasteiger partial charge in [0.1, 0.15) is 0 Å². The van der Waals surface area contributed by atoms with Gasteiger partial charge in [-0.3, -0.25) is 19.4 Å². The number of amides is 1. The minimum Gasteiger partial charge on any atom is -0.466 e. The lowest BCUT2D eigenvalue weighted by Crippen LogP contribution is -2.52. The van der Waals surface area contributed by atoms with E-state index in [1.54, 1.807) is 0 Å². The second-order valence-corrected chi connectivity index (χ2v) is 19.6. The Kier molecular flexibility index (Phi) is 43.6. The van der Waals surface area contributed by atoms with Crippen molar-refractivity contribution in [3.8, 4) is 0 Å². The summed E-state index contributed by atoms with van der Waals surface area (Å²) < 4.78 is 5.12. The van der Waals surface area contributed by atoms with Gasteiger partial charge >= 0.3 is 5.97 Å². The van der Waals surface area contributed by atoms with E-state index in [-0.39, 0.29) is 5.97 Å². The predicted octanol–water partition coefficient (Wildman–Crippen LogP) is 13.6. The summed E-state index contributed by atoms with van der Waals surface area (Å²) in [6, 6.07) is 0. The molecule has 1 saturated heterocycles. The molecule has 0 saturated carbocycles. The van der Waals surface area contributed by atoms with E-state index in [2.05, 4.69) is 52.2 Å². The smallest absolute Gasteiger partial charge is 0.305 e. The van der Waals surface area contributed by atoms with Gasteiger partial charge in [-0.2, -0.15) is 0 Å². The number of piperazine rings is 1. The molecule has 0 radical (unpaired) electrons. The van der Waals surface area contributed by atoms with Gasteiger partial charge in [-0.25, -0.2) is 0 Å². The van der Waals surface area contributed by atoms with Gasteiger partial charge in [0.05, 0.1) is 13.2 Å². The lowest BCUT2D eigenvalue weighted by molar-refractivity contribution is -0.143. The second kappa shape index (κ2) is 45.9. The molecule has 0 atom stereocenters. The quantitative estimate of drug-likeness (QED) is 0.0445. The Balaban J connectivity index is 2.72. The molecular weight excluding hydrogens is 779 g/mol. The monoisotopic (exact) mass is 890 g/mol. The van der Waals surface area contributed by atoms with Crippen LogP contribution in [0.25, 0.3) is 0 Å². The molecule has 8 nitrogen and oxygen atoms in total. The Morgan fingerprint density at radius 3 is 1.11 bits per heavy atom. The van der Waals surface area contributed by atoms with E-state index in [0.29, 0.717) is 25.5 Å². The molecule has 0 spiro atoms. The van der Waals surface area contributed by atoms with Crippen LogP contribution in [-0.4, -0.2) is 135 Å². The van der Waals surface area contributed by atoms with Crippen molar-refractivity contribution in [2.24, 2.45) is 0 Å². The fourth-order valence-electron chi connectivity index (χ4n) is 9.38. The van der Waals surface area contributed by atoms with Crippen LogP contribution in [0.2, 0.25) is 0 Å². The van der Waals surface area contributed by atoms with Gasteiger partial charge in [-0.05, 0) is 78.2 Å². The molecular formula is C55H111N5O3. The van der Waals surface area contributed by atoms with E-state index >= 15 is 0 Å². The first-order valence-corrected chi connectivity index (χ1v) is 28.3. The van der Waals surface area contributed by atoms with Gasteiger partial charge in [0.25, 0.3) is 0 Å². The zero-order valence-corrected chi connectivity index (χ0v) is 43.4. The molecule has 0 aromatic heterocycles. The largest absolute Gasteiger partial charge is 0.466 e. The topological polar surface area (TPSA) is 59.6 Å². The SMILES string of the molecule is CCCCCCCCCN(CCCCCCC(=O)OCC)CCN1CCN(C(=O)CN(CCCCCCCCC)CCN(CCCCCCCCC)CCCCCCCCC)CC1. The molecule has 1 fully saturated rings. The average Bonchev–Trinajstić information content (AvgIpc) is 3.29. The van der Waals surface area contributed by atoms with Crippen LogP contribution in [0, 0.1) is 0 Å². The number of rotatable bonds is 48.